The minimum Gasteiger partial charge on any atom is -0.351 e. The van der Waals surface area contributed by atoms with Gasteiger partial charge in [-0.25, -0.2) is 9.48 Å². The lowest BCUT2D eigenvalue weighted by Crippen LogP contribution is -2.53. The monoisotopic (exact) mass is 561 g/mol. The second-order valence-corrected chi connectivity index (χ2v) is 10.6. The van der Waals surface area contributed by atoms with Gasteiger partial charge in [-0.15, -0.1) is 0 Å². The quantitative estimate of drug-likeness (QED) is 0.368. The molecule has 0 radical (unpaired) electrons. The van der Waals surface area contributed by atoms with E-state index in [-0.39, 0.29) is 18.0 Å². The van der Waals surface area contributed by atoms with Gasteiger partial charge in [0.1, 0.15) is 0 Å². The lowest BCUT2D eigenvalue weighted by molar-refractivity contribution is 0.0618. The van der Waals surface area contributed by atoms with Crippen molar-refractivity contribution in [2.75, 3.05) is 13.1 Å². The first-order valence-corrected chi connectivity index (χ1v) is 13.4. The number of hydrogen-bond acceptors (Lipinski definition) is 3. The van der Waals surface area contributed by atoms with E-state index in [1.807, 2.05) is 32.9 Å². The maximum Gasteiger partial charge on any atom is 0.315 e. The Morgan fingerprint density at radius 2 is 1.70 bits per heavy atom. The highest BCUT2D eigenvalue weighted by Crippen LogP contribution is 2.34. The zero-order valence-corrected chi connectivity index (χ0v) is 23.3. The number of halogens is 3. The van der Waals surface area contributed by atoms with Crippen molar-refractivity contribution in [3.63, 3.8) is 0 Å². The Hall–Kier alpha value is -2.74. The van der Waals surface area contributed by atoms with Gasteiger partial charge in [0.15, 0.2) is 5.69 Å². The van der Waals surface area contributed by atoms with Gasteiger partial charge in [-0.1, -0.05) is 53.9 Å². The number of aromatic nitrogens is 2. The third-order valence-corrected chi connectivity index (χ3v) is 7.84. The topological polar surface area (TPSA) is 84.5 Å². The van der Waals surface area contributed by atoms with Crippen molar-refractivity contribution in [3.8, 4) is 16.9 Å². The predicted molar refractivity (Wildman–Crippen MR) is 149 cm³/mol. The van der Waals surface area contributed by atoms with E-state index in [0.717, 1.165) is 23.2 Å². The van der Waals surface area contributed by atoms with Crippen LogP contribution >= 0.6 is 34.8 Å². The molecule has 1 atom stereocenters. The van der Waals surface area contributed by atoms with Crippen molar-refractivity contribution in [1.82, 2.24) is 19.6 Å². The van der Waals surface area contributed by atoms with Gasteiger partial charge in [-0.3, -0.25) is 4.79 Å². The first-order chi connectivity index (χ1) is 17.6. The number of carbonyl (C=O) groups excluding carboxylic acids is 2. The number of piperidine rings is 1. The number of likely N-dealkylation sites (tertiary alicyclic amines) is 1. The second-order valence-electron chi connectivity index (χ2n) is 9.36. The van der Waals surface area contributed by atoms with E-state index < -0.39 is 6.03 Å². The molecule has 10 heteroatoms. The van der Waals surface area contributed by atoms with Crippen LogP contribution in [0.3, 0.4) is 0 Å². The molecule has 3 aromatic rings. The summed E-state index contributed by atoms with van der Waals surface area (Å²) in [5.74, 6) is -0.163. The Morgan fingerprint density at radius 3 is 2.27 bits per heavy atom. The van der Waals surface area contributed by atoms with Gasteiger partial charge in [0.2, 0.25) is 0 Å². The molecule has 0 spiro atoms. The average Bonchev–Trinajstić information content (AvgIpc) is 3.21. The lowest BCUT2D eigenvalue weighted by atomic mass is 10.00. The molecular formula is C27H30Cl3N5O2. The Kier molecular flexibility index (Phi) is 8.36. The minimum absolute atomic E-state index is 0.00709. The molecule has 1 unspecified atom stereocenters. The van der Waals surface area contributed by atoms with Gasteiger partial charge < -0.3 is 15.5 Å². The summed E-state index contributed by atoms with van der Waals surface area (Å²) in [4.78, 5) is 29.3. The standard InChI is InChI=1S/C27H30Cl3N5O2/c1-4-16(2)34(27(31)37)21-11-13-33(14-12-21)26(36)24-17(3)25(18-5-7-19(28)8-6-18)35(32-24)23-10-9-20(29)15-22(23)30/h5-10,15-16,21H,4,11-14H2,1-3H3,(H2,31,37). The molecule has 1 saturated heterocycles. The zero-order chi connectivity index (χ0) is 26.9. The van der Waals surface area contributed by atoms with Crippen molar-refractivity contribution in [1.29, 1.82) is 0 Å². The fourth-order valence-electron chi connectivity index (χ4n) is 4.92. The SMILES string of the molecule is CCC(C)N(C(N)=O)C1CCN(C(=O)c2nn(-c3ccc(Cl)cc3Cl)c(-c3ccc(Cl)cc3)c2C)CC1. The van der Waals surface area contributed by atoms with Gasteiger partial charge in [0.05, 0.1) is 16.4 Å². The van der Waals surface area contributed by atoms with Crippen molar-refractivity contribution in [3.05, 3.63) is 68.8 Å². The number of nitrogens with two attached hydrogens (primary N) is 1. The van der Waals surface area contributed by atoms with E-state index in [1.54, 1.807) is 44.8 Å². The number of carbonyl (C=O) groups is 2. The molecule has 0 aliphatic carbocycles. The van der Waals surface area contributed by atoms with Crippen molar-refractivity contribution in [2.45, 2.75) is 52.1 Å². The molecule has 1 aromatic heterocycles. The van der Waals surface area contributed by atoms with Crippen LogP contribution in [0.5, 0.6) is 0 Å². The summed E-state index contributed by atoms with van der Waals surface area (Å²) in [6, 6.07) is 12.2. The first-order valence-electron chi connectivity index (χ1n) is 12.3. The van der Waals surface area contributed by atoms with Crippen molar-refractivity contribution in [2.24, 2.45) is 5.73 Å². The maximum atomic E-state index is 13.7. The predicted octanol–water partition coefficient (Wildman–Crippen LogP) is 6.59. The summed E-state index contributed by atoms with van der Waals surface area (Å²) < 4.78 is 1.69. The van der Waals surface area contributed by atoms with Gasteiger partial charge in [0.25, 0.3) is 5.91 Å². The molecule has 3 amide bonds. The highest BCUT2D eigenvalue weighted by molar-refractivity contribution is 6.35. The van der Waals surface area contributed by atoms with Crippen LogP contribution in [-0.2, 0) is 0 Å². The Morgan fingerprint density at radius 1 is 1.08 bits per heavy atom. The molecule has 1 fully saturated rings. The molecule has 2 heterocycles. The highest BCUT2D eigenvalue weighted by Gasteiger charge is 2.33. The Labute approximate surface area is 232 Å². The van der Waals surface area contributed by atoms with Gasteiger partial charge in [0, 0.05) is 46.3 Å². The summed E-state index contributed by atoms with van der Waals surface area (Å²) in [6.45, 7) is 6.93. The van der Waals surface area contributed by atoms with Crippen LogP contribution in [0.25, 0.3) is 16.9 Å². The molecule has 2 aromatic carbocycles. The smallest absolute Gasteiger partial charge is 0.315 e. The largest absolute Gasteiger partial charge is 0.351 e. The normalized spacial score (nSPS) is 15.0. The molecule has 37 heavy (non-hydrogen) atoms. The lowest BCUT2D eigenvalue weighted by Gasteiger charge is -2.40. The van der Waals surface area contributed by atoms with E-state index >= 15 is 0 Å². The van der Waals surface area contributed by atoms with Crippen LogP contribution in [0, 0.1) is 6.92 Å². The van der Waals surface area contributed by atoms with Crippen LogP contribution in [0.4, 0.5) is 4.79 Å². The van der Waals surface area contributed by atoms with E-state index in [0.29, 0.717) is 52.4 Å². The van der Waals surface area contributed by atoms with Gasteiger partial charge in [-0.2, -0.15) is 5.10 Å². The third kappa shape index (κ3) is 5.59. The highest BCUT2D eigenvalue weighted by atomic mass is 35.5. The molecule has 4 rings (SSSR count). The summed E-state index contributed by atoms with van der Waals surface area (Å²) in [5, 5.41) is 6.28. The van der Waals surface area contributed by atoms with Crippen LogP contribution in [0.1, 0.15) is 49.2 Å². The van der Waals surface area contributed by atoms with Crippen molar-refractivity contribution >= 4 is 46.7 Å². The summed E-state index contributed by atoms with van der Waals surface area (Å²) in [5.41, 5.74) is 8.97. The van der Waals surface area contributed by atoms with Crippen molar-refractivity contribution < 1.29 is 9.59 Å². The van der Waals surface area contributed by atoms with E-state index in [2.05, 4.69) is 0 Å². The maximum absolute atomic E-state index is 13.7. The summed E-state index contributed by atoms with van der Waals surface area (Å²) in [6.07, 6.45) is 2.14. The van der Waals surface area contributed by atoms with E-state index in [4.69, 9.17) is 45.6 Å². The second kappa shape index (κ2) is 11.3. The Bertz CT molecular complexity index is 1300. The number of benzene rings is 2. The number of amides is 3. The molecular weight excluding hydrogens is 533 g/mol. The fourth-order valence-corrected chi connectivity index (χ4v) is 5.54. The number of primary amides is 1. The number of nitrogens with zero attached hydrogens (tertiary/aromatic N) is 4. The molecule has 2 N–H and O–H groups in total. The van der Waals surface area contributed by atoms with E-state index in [1.165, 1.54) is 0 Å². The van der Waals surface area contributed by atoms with Crippen LogP contribution < -0.4 is 5.73 Å². The minimum atomic E-state index is -0.416. The van der Waals surface area contributed by atoms with Crippen LogP contribution in [-0.4, -0.2) is 56.7 Å². The zero-order valence-electron chi connectivity index (χ0n) is 21.0. The molecule has 1 aliphatic rings. The summed E-state index contributed by atoms with van der Waals surface area (Å²) >= 11 is 18.8. The summed E-state index contributed by atoms with van der Waals surface area (Å²) in [7, 11) is 0. The number of urea groups is 1. The number of rotatable bonds is 6. The van der Waals surface area contributed by atoms with Gasteiger partial charge in [-0.05, 0) is 63.4 Å². The van der Waals surface area contributed by atoms with Gasteiger partial charge >= 0.3 is 6.03 Å². The molecule has 0 bridgehead atoms. The fraction of sp³-hybridized carbons (Fsp3) is 0.370. The van der Waals surface area contributed by atoms with Crippen LogP contribution in [0.2, 0.25) is 15.1 Å². The molecule has 7 nitrogen and oxygen atoms in total. The third-order valence-electron chi connectivity index (χ3n) is 7.05. The van der Waals surface area contributed by atoms with E-state index in [9.17, 15) is 9.59 Å². The molecule has 0 saturated carbocycles. The molecule has 1 aliphatic heterocycles. The average molecular weight is 563 g/mol. The number of hydrogen-bond donors (Lipinski definition) is 1. The van der Waals surface area contributed by atoms with Crippen LogP contribution in [0.15, 0.2) is 42.5 Å². The molecule has 196 valence electrons. The first kappa shape index (κ1) is 27.3. The Balaban J connectivity index is 1.67.